The van der Waals surface area contributed by atoms with Gasteiger partial charge in [-0.25, -0.2) is 8.42 Å². The van der Waals surface area contributed by atoms with Crippen LogP contribution >= 0.6 is 7.52 Å². The van der Waals surface area contributed by atoms with Crippen LogP contribution in [0.1, 0.15) is 77.7 Å². The quantitative estimate of drug-likeness (QED) is 0.253. The van der Waals surface area contributed by atoms with Gasteiger partial charge in [0.2, 0.25) is 0 Å². The molecule has 2 heterocycles. The summed E-state index contributed by atoms with van der Waals surface area (Å²) in [6.07, 6.45) is 9.20. The summed E-state index contributed by atoms with van der Waals surface area (Å²) in [6, 6.07) is 4.83. The maximum absolute atomic E-state index is 13.9. The second-order valence-corrected chi connectivity index (χ2v) is 17.8. The Kier molecular flexibility index (Phi) is 8.25. The third kappa shape index (κ3) is 6.60. The van der Waals surface area contributed by atoms with Crippen LogP contribution in [0.15, 0.2) is 34.3 Å². The predicted molar refractivity (Wildman–Crippen MR) is 162 cm³/mol. The molecule has 2 saturated carbocycles. The van der Waals surface area contributed by atoms with E-state index < -0.39 is 23.4 Å². The van der Waals surface area contributed by atoms with Crippen LogP contribution in [0.25, 0.3) is 0 Å². The van der Waals surface area contributed by atoms with E-state index in [1.165, 1.54) is 12.7 Å². The number of anilines is 1. The number of sulfone groups is 1. The van der Waals surface area contributed by atoms with Gasteiger partial charge in [0, 0.05) is 18.6 Å². The van der Waals surface area contributed by atoms with Gasteiger partial charge in [0.1, 0.15) is 21.2 Å². The summed E-state index contributed by atoms with van der Waals surface area (Å²) in [4.78, 5) is 26.7. The lowest BCUT2D eigenvalue weighted by atomic mass is 9.82. The molecule has 2 fully saturated rings. The second kappa shape index (κ2) is 11.2. The number of rotatable bonds is 10. The lowest BCUT2D eigenvalue weighted by molar-refractivity contribution is -0.128. The zero-order chi connectivity index (χ0) is 29.7. The highest BCUT2D eigenvalue weighted by Gasteiger charge is 2.52. The molecule has 5 rings (SSSR count). The normalized spacial score (nSPS) is 29.6. The van der Waals surface area contributed by atoms with Crippen LogP contribution in [0.3, 0.4) is 0 Å². The molecule has 0 saturated heterocycles. The second-order valence-electron chi connectivity index (χ2n) is 13.8. The molecule has 4 aliphatic rings. The molecule has 0 spiro atoms. The van der Waals surface area contributed by atoms with Gasteiger partial charge in [0.05, 0.1) is 17.0 Å². The molecule has 1 aromatic carbocycles. The minimum Gasteiger partial charge on any atom is -0.509 e. The van der Waals surface area contributed by atoms with Crippen molar-refractivity contribution in [3.8, 4) is 0 Å². The SMILES string of the molecule is CC(C)(C)CCN1C(=O)C(C2=NP(=O)(O)c3cc(CCCCCS(C)(=O)=O)ccc3N2)=C(O)C1C1CC2CCC1C2. The average molecular weight is 606 g/mol. The molecule has 11 heteroatoms. The van der Waals surface area contributed by atoms with Gasteiger partial charge in [0.25, 0.3) is 5.91 Å². The Morgan fingerprint density at radius 2 is 1.90 bits per heavy atom. The third-order valence-corrected chi connectivity index (χ3v) is 11.7. The van der Waals surface area contributed by atoms with Crippen LogP contribution in [-0.4, -0.2) is 59.7 Å². The van der Waals surface area contributed by atoms with Crippen molar-refractivity contribution in [2.24, 2.45) is 27.9 Å². The number of hydrogen-bond donors (Lipinski definition) is 3. The molecule has 5 atom stereocenters. The monoisotopic (exact) mass is 605 g/mol. The van der Waals surface area contributed by atoms with Crippen molar-refractivity contribution in [2.45, 2.75) is 84.6 Å². The minimum atomic E-state index is -4.22. The molecule has 0 radical (unpaired) electrons. The molecule has 1 aromatic rings. The summed E-state index contributed by atoms with van der Waals surface area (Å²) in [6.45, 7) is 6.89. The van der Waals surface area contributed by atoms with Crippen molar-refractivity contribution in [1.82, 2.24) is 4.90 Å². The highest BCUT2D eigenvalue weighted by Crippen LogP contribution is 2.53. The van der Waals surface area contributed by atoms with Crippen molar-refractivity contribution >= 4 is 40.1 Å². The van der Waals surface area contributed by atoms with Gasteiger partial charge >= 0.3 is 7.52 Å². The molecule has 2 bridgehead atoms. The Morgan fingerprint density at radius 1 is 1.15 bits per heavy atom. The largest absolute Gasteiger partial charge is 0.509 e. The number of unbranched alkanes of at least 4 members (excludes halogenated alkanes) is 2. The van der Waals surface area contributed by atoms with Crippen LogP contribution in [0.5, 0.6) is 0 Å². The fourth-order valence-electron chi connectivity index (χ4n) is 7.11. The Bertz CT molecular complexity index is 1430. The number of carbonyl (C=O) groups is 1. The lowest BCUT2D eigenvalue weighted by Gasteiger charge is -2.35. The van der Waals surface area contributed by atoms with Gasteiger partial charge in [-0.1, -0.05) is 39.7 Å². The molecule has 3 N–H and O–H groups in total. The van der Waals surface area contributed by atoms with E-state index in [4.69, 9.17) is 0 Å². The van der Waals surface area contributed by atoms with E-state index in [0.29, 0.717) is 36.9 Å². The third-order valence-electron chi connectivity index (χ3n) is 9.23. The molecule has 1 amide bonds. The molecule has 2 aliphatic carbocycles. The van der Waals surface area contributed by atoms with E-state index in [0.717, 1.165) is 44.1 Å². The first-order valence-corrected chi connectivity index (χ1v) is 18.6. The molecular formula is C30H44N3O6PS. The number of aryl methyl sites for hydroxylation is 1. The first-order chi connectivity index (χ1) is 19.1. The van der Waals surface area contributed by atoms with Crippen molar-refractivity contribution in [3.05, 3.63) is 35.1 Å². The van der Waals surface area contributed by atoms with Crippen LogP contribution < -0.4 is 10.6 Å². The van der Waals surface area contributed by atoms with Crippen LogP contribution in [0, 0.1) is 23.2 Å². The summed E-state index contributed by atoms with van der Waals surface area (Å²) >= 11 is 0. The number of amidine groups is 1. The lowest BCUT2D eigenvalue weighted by Crippen LogP contribution is -2.44. The van der Waals surface area contributed by atoms with E-state index in [1.807, 2.05) is 6.07 Å². The Labute approximate surface area is 243 Å². The summed E-state index contributed by atoms with van der Waals surface area (Å²) in [7, 11) is -7.20. The average Bonchev–Trinajstić information content (AvgIpc) is 3.54. The molecule has 2 aliphatic heterocycles. The number of aliphatic hydroxyl groups is 1. The summed E-state index contributed by atoms with van der Waals surface area (Å²) in [5, 5.41) is 14.9. The summed E-state index contributed by atoms with van der Waals surface area (Å²) in [5.41, 5.74) is 1.28. The Morgan fingerprint density at radius 3 is 2.54 bits per heavy atom. The number of nitrogens with one attached hydrogen (secondary N) is 1. The number of benzene rings is 1. The first-order valence-electron chi connectivity index (χ1n) is 14.9. The summed E-state index contributed by atoms with van der Waals surface area (Å²) in [5.74, 6) is 1.07. The highest BCUT2D eigenvalue weighted by molar-refractivity contribution is 7.90. The predicted octanol–water partition coefficient (Wildman–Crippen LogP) is 4.97. The van der Waals surface area contributed by atoms with E-state index in [-0.39, 0.29) is 45.5 Å². The van der Waals surface area contributed by atoms with Crippen molar-refractivity contribution in [3.63, 3.8) is 0 Å². The number of carbonyl (C=O) groups excluding carboxylic acids is 1. The maximum atomic E-state index is 13.9. The van der Waals surface area contributed by atoms with Gasteiger partial charge < -0.3 is 20.2 Å². The topological polar surface area (TPSA) is 136 Å². The molecule has 5 unspecified atom stereocenters. The van der Waals surface area contributed by atoms with Gasteiger partial charge in [-0.15, -0.1) is 0 Å². The Hall–Kier alpha value is -2.16. The summed E-state index contributed by atoms with van der Waals surface area (Å²) < 4.78 is 40.3. The van der Waals surface area contributed by atoms with Gasteiger partial charge in [-0.2, -0.15) is 4.76 Å². The standard InChI is InChI=1S/C30H44N3O6PS/c1-30(2,3)13-14-33-26(22-17-20-9-11-21(22)16-20)27(34)25(29(33)35)28-31-23-12-10-19(18-24(23)40(36,37)32-28)8-6-5-7-15-41(4,38)39/h10,12,18,20-22,26,34H,5-9,11,13-17H2,1-4H3,(H2,31,32,36,37). The van der Waals surface area contributed by atoms with Gasteiger partial charge in [-0.05, 0) is 85.8 Å². The zero-order valence-corrected chi connectivity index (χ0v) is 26.3. The number of hydrogen-bond acceptors (Lipinski definition) is 6. The fourth-order valence-corrected chi connectivity index (χ4v) is 9.15. The van der Waals surface area contributed by atoms with Crippen molar-refractivity contribution < 1.29 is 27.8 Å². The van der Waals surface area contributed by atoms with Gasteiger partial charge in [-0.3, -0.25) is 9.36 Å². The van der Waals surface area contributed by atoms with E-state index in [1.54, 1.807) is 17.0 Å². The molecular weight excluding hydrogens is 561 g/mol. The number of aliphatic hydroxyl groups excluding tert-OH is 1. The molecule has 0 aromatic heterocycles. The number of nitrogens with zero attached hydrogens (tertiary/aromatic N) is 2. The molecule has 41 heavy (non-hydrogen) atoms. The van der Waals surface area contributed by atoms with Crippen molar-refractivity contribution in [2.75, 3.05) is 23.9 Å². The van der Waals surface area contributed by atoms with Crippen LogP contribution in [-0.2, 0) is 25.6 Å². The first kappa shape index (κ1) is 30.3. The number of fused-ring (bicyclic) bond motifs is 3. The van der Waals surface area contributed by atoms with Crippen LogP contribution in [0.4, 0.5) is 5.69 Å². The molecule has 226 valence electrons. The van der Waals surface area contributed by atoms with E-state index >= 15 is 0 Å². The number of amides is 1. The van der Waals surface area contributed by atoms with Gasteiger partial charge in [0.15, 0.2) is 5.84 Å². The zero-order valence-electron chi connectivity index (χ0n) is 24.6. The Balaban J connectivity index is 1.37. The molecule has 9 nitrogen and oxygen atoms in total. The fraction of sp³-hybridized carbons (Fsp3) is 0.667. The van der Waals surface area contributed by atoms with Crippen molar-refractivity contribution in [1.29, 1.82) is 0 Å². The van der Waals surface area contributed by atoms with Crippen LogP contribution in [0.2, 0.25) is 0 Å². The van der Waals surface area contributed by atoms with E-state index in [9.17, 15) is 27.8 Å². The maximum Gasteiger partial charge on any atom is 0.346 e. The smallest absolute Gasteiger partial charge is 0.346 e. The highest BCUT2D eigenvalue weighted by atomic mass is 32.2. The van der Waals surface area contributed by atoms with E-state index in [2.05, 4.69) is 30.9 Å². The minimum absolute atomic E-state index is 0.00361.